The average molecular weight is 484 g/mol. The van der Waals surface area contributed by atoms with Gasteiger partial charge in [-0.05, 0) is 62.1 Å². The molecule has 0 spiro atoms. The summed E-state index contributed by atoms with van der Waals surface area (Å²) in [6, 6.07) is 13.0. The zero-order valence-corrected chi connectivity index (χ0v) is 19.8. The number of halogens is 1. The smallest absolute Gasteiger partial charge is 0.191 e. The highest BCUT2D eigenvalue weighted by atomic mass is 79.9. The number of likely N-dealkylation sites (tertiary alicyclic amines) is 1. The summed E-state index contributed by atoms with van der Waals surface area (Å²) >= 11 is 5.35. The van der Waals surface area contributed by atoms with Crippen molar-refractivity contribution in [2.24, 2.45) is 13.0 Å². The lowest BCUT2D eigenvalue weighted by Crippen LogP contribution is -2.27. The summed E-state index contributed by atoms with van der Waals surface area (Å²) in [4.78, 5) is 7.02. The Labute approximate surface area is 190 Å². The molecule has 2 aromatic heterocycles. The van der Waals surface area contributed by atoms with Crippen molar-refractivity contribution in [1.29, 1.82) is 0 Å². The van der Waals surface area contributed by atoms with Crippen molar-refractivity contribution >= 4 is 27.7 Å². The molecule has 5 nitrogen and oxygen atoms in total. The van der Waals surface area contributed by atoms with Gasteiger partial charge in [0.25, 0.3) is 0 Å². The van der Waals surface area contributed by atoms with E-state index in [9.17, 15) is 0 Å². The predicted octanol–water partition coefficient (Wildman–Crippen LogP) is 4.70. The Balaban J connectivity index is 1.12. The zero-order chi connectivity index (χ0) is 20.7. The fourth-order valence-electron chi connectivity index (χ4n) is 4.73. The van der Waals surface area contributed by atoms with Crippen molar-refractivity contribution in [2.45, 2.75) is 30.3 Å². The Morgan fingerprint density at radius 3 is 2.77 bits per heavy atom. The molecule has 2 aliphatic rings. The molecule has 2 atom stereocenters. The number of aryl methyl sites for hydroxylation is 1. The Kier molecular flexibility index (Phi) is 5.45. The standard InChI is InChI=1S/C23H26BrN5S/c1-16-4-5-17(13-25-16)21-26-27-22(28(21)2)30-11-3-10-29-14-19-12-23(19,15-29)18-6-8-20(24)9-7-18/h4-9,13,19H,3,10-12,14-15H2,1-2H3/t19-,23?/m0/s1. The third kappa shape index (κ3) is 3.83. The SMILES string of the molecule is Cc1ccc(-c2nnc(SCCCN3C[C@@H]4CC4(c4ccc(Br)cc4)C3)n2C)cn1. The number of fused-ring (bicyclic) bond motifs is 1. The van der Waals surface area contributed by atoms with Gasteiger partial charge in [0.05, 0.1) is 0 Å². The molecule has 0 amide bonds. The number of piperidine rings is 1. The van der Waals surface area contributed by atoms with E-state index in [0.717, 1.165) is 44.9 Å². The molecule has 1 unspecified atom stereocenters. The van der Waals surface area contributed by atoms with Crippen LogP contribution in [-0.4, -0.2) is 50.0 Å². The molecule has 5 rings (SSSR count). The van der Waals surface area contributed by atoms with Crippen molar-refractivity contribution in [1.82, 2.24) is 24.6 Å². The topological polar surface area (TPSA) is 46.8 Å². The van der Waals surface area contributed by atoms with E-state index in [1.54, 1.807) is 11.8 Å². The summed E-state index contributed by atoms with van der Waals surface area (Å²) < 4.78 is 3.24. The van der Waals surface area contributed by atoms with Gasteiger partial charge in [-0.3, -0.25) is 4.98 Å². The van der Waals surface area contributed by atoms with Crippen molar-refractivity contribution in [3.63, 3.8) is 0 Å². The molecule has 1 saturated heterocycles. The maximum atomic E-state index is 4.39. The normalized spacial score (nSPS) is 23.0. The molecule has 156 valence electrons. The van der Waals surface area contributed by atoms with E-state index in [-0.39, 0.29) is 0 Å². The average Bonchev–Trinajstić information content (AvgIpc) is 3.12. The lowest BCUT2D eigenvalue weighted by atomic mass is 9.95. The first kappa shape index (κ1) is 20.2. The number of hydrogen-bond acceptors (Lipinski definition) is 5. The first-order valence-electron chi connectivity index (χ1n) is 10.5. The molecule has 3 heterocycles. The van der Waals surface area contributed by atoms with Gasteiger partial charge < -0.3 is 9.47 Å². The second-order valence-corrected chi connectivity index (χ2v) is 10.5. The number of nitrogens with zero attached hydrogens (tertiary/aromatic N) is 5. The number of pyridine rings is 1. The zero-order valence-electron chi connectivity index (χ0n) is 17.4. The predicted molar refractivity (Wildman–Crippen MR) is 125 cm³/mol. The molecular weight excluding hydrogens is 458 g/mol. The van der Waals surface area contributed by atoms with Crippen LogP contribution < -0.4 is 0 Å². The molecule has 3 aromatic rings. The van der Waals surface area contributed by atoms with Gasteiger partial charge in [-0.25, -0.2) is 0 Å². The van der Waals surface area contributed by atoms with Gasteiger partial charge >= 0.3 is 0 Å². The van der Waals surface area contributed by atoms with Crippen LogP contribution in [0.25, 0.3) is 11.4 Å². The summed E-state index contributed by atoms with van der Waals surface area (Å²) in [7, 11) is 2.04. The van der Waals surface area contributed by atoms with Crippen LogP contribution in [0.2, 0.25) is 0 Å². The van der Waals surface area contributed by atoms with Crippen LogP contribution in [0.15, 0.2) is 52.2 Å². The molecule has 0 bridgehead atoms. The molecule has 7 heteroatoms. The van der Waals surface area contributed by atoms with Gasteiger partial charge in [-0.2, -0.15) is 0 Å². The second kappa shape index (κ2) is 8.09. The van der Waals surface area contributed by atoms with Gasteiger partial charge in [-0.1, -0.05) is 39.8 Å². The van der Waals surface area contributed by atoms with Crippen LogP contribution in [0, 0.1) is 12.8 Å². The Bertz CT molecular complexity index is 1030. The van der Waals surface area contributed by atoms with Gasteiger partial charge in [0.2, 0.25) is 0 Å². The van der Waals surface area contributed by atoms with Crippen LogP contribution in [-0.2, 0) is 12.5 Å². The maximum absolute atomic E-state index is 4.39. The molecule has 0 radical (unpaired) electrons. The summed E-state index contributed by atoms with van der Waals surface area (Å²) in [5, 5.41) is 9.74. The fourth-order valence-corrected chi connectivity index (χ4v) is 5.83. The number of benzene rings is 1. The van der Waals surface area contributed by atoms with Crippen molar-refractivity contribution in [2.75, 3.05) is 25.4 Å². The second-order valence-electron chi connectivity index (χ2n) is 8.55. The molecule has 1 aliphatic heterocycles. The fraction of sp³-hybridized carbons (Fsp3) is 0.435. The van der Waals surface area contributed by atoms with E-state index in [2.05, 4.69) is 70.9 Å². The third-order valence-electron chi connectivity index (χ3n) is 6.49. The molecule has 0 N–H and O–H groups in total. The van der Waals surface area contributed by atoms with E-state index in [0.29, 0.717) is 5.41 Å². The number of hydrogen-bond donors (Lipinski definition) is 0. The lowest BCUT2D eigenvalue weighted by molar-refractivity contribution is 0.299. The third-order valence-corrected chi connectivity index (χ3v) is 8.12. The molecular formula is C23H26BrN5S. The minimum absolute atomic E-state index is 0.425. The molecule has 30 heavy (non-hydrogen) atoms. The van der Waals surface area contributed by atoms with Crippen molar-refractivity contribution < 1.29 is 0 Å². The monoisotopic (exact) mass is 483 g/mol. The van der Waals surface area contributed by atoms with Crippen LogP contribution in [0.5, 0.6) is 0 Å². The van der Waals surface area contributed by atoms with Crippen LogP contribution in [0.4, 0.5) is 0 Å². The van der Waals surface area contributed by atoms with Crippen molar-refractivity contribution in [3.05, 3.63) is 58.3 Å². The summed E-state index contributed by atoms with van der Waals surface area (Å²) in [5.74, 6) is 2.78. The van der Waals surface area contributed by atoms with E-state index in [1.807, 2.05) is 26.2 Å². The summed E-state index contributed by atoms with van der Waals surface area (Å²) in [6.45, 7) is 5.61. The van der Waals surface area contributed by atoms with Gasteiger partial charge in [0, 0.05) is 53.2 Å². The number of rotatable bonds is 7. The quantitative estimate of drug-likeness (QED) is 0.359. The lowest BCUT2D eigenvalue weighted by Gasteiger charge is -2.21. The summed E-state index contributed by atoms with van der Waals surface area (Å²) in [5.41, 5.74) is 3.97. The Hall–Kier alpha value is -1.70. The van der Waals surface area contributed by atoms with Crippen LogP contribution in [0.1, 0.15) is 24.1 Å². The highest BCUT2D eigenvalue weighted by Crippen LogP contribution is 2.59. The highest BCUT2D eigenvalue weighted by molar-refractivity contribution is 9.10. The van der Waals surface area contributed by atoms with E-state index < -0.39 is 0 Å². The first-order valence-corrected chi connectivity index (χ1v) is 12.3. The number of thioether (sulfide) groups is 1. The van der Waals surface area contributed by atoms with E-state index in [4.69, 9.17) is 0 Å². The van der Waals surface area contributed by atoms with Gasteiger partial charge in [0.1, 0.15) is 0 Å². The maximum Gasteiger partial charge on any atom is 0.191 e. The minimum Gasteiger partial charge on any atom is -0.305 e. The Morgan fingerprint density at radius 2 is 2.00 bits per heavy atom. The molecule has 1 aromatic carbocycles. The van der Waals surface area contributed by atoms with Gasteiger partial charge in [0.15, 0.2) is 11.0 Å². The minimum atomic E-state index is 0.425. The van der Waals surface area contributed by atoms with E-state index >= 15 is 0 Å². The van der Waals surface area contributed by atoms with Crippen molar-refractivity contribution in [3.8, 4) is 11.4 Å². The number of aromatic nitrogens is 4. The largest absolute Gasteiger partial charge is 0.305 e. The molecule has 1 saturated carbocycles. The van der Waals surface area contributed by atoms with Crippen LogP contribution >= 0.6 is 27.7 Å². The van der Waals surface area contributed by atoms with E-state index in [1.165, 1.54) is 31.5 Å². The molecule has 1 aliphatic carbocycles. The Morgan fingerprint density at radius 1 is 1.17 bits per heavy atom. The first-order chi connectivity index (χ1) is 14.5. The summed E-state index contributed by atoms with van der Waals surface area (Å²) in [6.07, 6.45) is 4.39. The van der Waals surface area contributed by atoms with Gasteiger partial charge in [-0.15, -0.1) is 10.2 Å². The molecule has 2 fully saturated rings. The highest BCUT2D eigenvalue weighted by Gasteiger charge is 2.60. The van der Waals surface area contributed by atoms with Crippen LogP contribution in [0.3, 0.4) is 0 Å².